The number of para-hydroxylation sites is 1. The molecule has 0 spiro atoms. The maximum absolute atomic E-state index is 11.9. The number of nitro groups is 1. The fourth-order valence-corrected chi connectivity index (χ4v) is 3.76. The van der Waals surface area contributed by atoms with Crippen molar-refractivity contribution in [2.75, 3.05) is 11.9 Å². The van der Waals surface area contributed by atoms with Gasteiger partial charge in [-0.3, -0.25) is 19.7 Å². The number of nitrogens with zero attached hydrogens (tertiary/aromatic N) is 2. The Labute approximate surface area is 174 Å². The number of anilines is 1. The van der Waals surface area contributed by atoms with E-state index in [0.29, 0.717) is 12.8 Å². The predicted molar refractivity (Wildman–Crippen MR) is 110 cm³/mol. The van der Waals surface area contributed by atoms with Crippen molar-refractivity contribution in [3.63, 3.8) is 0 Å². The van der Waals surface area contributed by atoms with Crippen LogP contribution in [0, 0.1) is 10.1 Å². The van der Waals surface area contributed by atoms with Crippen molar-refractivity contribution >= 4 is 56.4 Å². The monoisotopic (exact) mass is 433 g/mol. The summed E-state index contributed by atoms with van der Waals surface area (Å²) in [5.41, 5.74) is 0.575. The number of hydrogen-bond donors (Lipinski definition) is 1. The van der Waals surface area contributed by atoms with E-state index in [4.69, 9.17) is 16.3 Å². The number of carbonyl (C=O) groups is 2. The van der Waals surface area contributed by atoms with Gasteiger partial charge in [0.2, 0.25) is 0 Å². The molecule has 1 heterocycles. The summed E-state index contributed by atoms with van der Waals surface area (Å²) in [4.78, 5) is 38.6. The van der Waals surface area contributed by atoms with Crippen molar-refractivity contribution in [1.82, 2.24) is 4.98 Å². The Hall–Kier alpha value is -3.04. The Balaban J connectivity index is 1.44. The molecular formula is C19H16ClN3O5S. The molecule has 0 atom stereocenters. The Morgan fingerprint density at radius 2 is 2.03 bits per heavy atom. The minimum Gasteiger partial charge on any atom is -0.456 e. The zero-order valence-corrected chi connectivity index (χ0v) is 16.7. The van der Waals surface area contributed by atoms with E-state index in [9.17, 15) is 19.7 Å². The number of carbonyl (C=O) groups excluding carboxylic acids is 2. The van der Waals surface area contributed by atoms with E-state index in [-0.39, 0.29) is 22.8 Å². The molecule has 0 unspecified atom stereocenters. The standard InChI is InChI=1S/C19H16ClN3O5S/c20-12-8-9-15(23(26)27)14(10-12)21-17(24)11-28-19(25)7-3-6-18-22-13-4-1-2-5-16(13)29-18/h1-2,4-5,8-10H,3,6-7,11H2,(H,21,24). The summed E-state index contributed by atoms with van der Waals surface area (Å²) < 4.78 is 6.03. The van der Waals surface area contributed by atoms with Gasteiger partial charge >= 0.3 is 5.97 Å². The van der Waals surface area contributed by atoms with Gasteiger partial charge in [0.15, 0.2) is 6.61 Å². The molecule has 1 amide bonds. The topological polar surface area (TPSA) is 111 Å². The first-order valence-corrected chi connectivity index (χ1v) is 9.85. The smallest absolute Gasteiger partial charge is 0.306 e. The van der Waals surface area contributed by atoms with E-state index >= 15 is 0 Å². The van der Waals surface area contributed by atoms with Gasteiger partial charge in [0, 0.05) is 17.5 Å². The number of hydrogen-bond acceptors (Lipinski definition) is 7. The van der Waals surface area contributed by atoms with Crippen LogP contribution < -0.4 is 5.32 Å². The number of aromatic nitrogens is 1. The highest BCUT2D eigenvalue weighted by Crippen LogP contribution is 2.27. The average Bonchev–Trinajstić information content (AvgIpc) is 3.09. The van der Waals surface area contributed by atoms with Crippen LogP contribution >= 0.6 is 22.9 Å². The van der Waals surface area contributed by atoms with Gasteiger partial charge in [-0.25, -0.2) is 4.98 Å². The van der Waals surface area contributed by atoms with E-state index in [1.54, 1.807) is 11.3 Å². The summed E-state index contributed by atoms with van der Waals surface area (Å²) in [5, 5.41) is 14.5. The zero-order valence-electron chi connectivity index (χ0n) is 15.1. The average molecular weight is 434 g/mol. The van der Waals surface area contributed by atoms with Crippen LogP contribution in [0.15, 0.2) is 42.5 Å². The lowest BCUT2D eigenvalue weighted by molar-refractivity contribution is -0.383. The molecule has 150 valence electrons. The maximum atomic E-state index is 11.9. The Bertz CT molecular complexity index is 1040. The molecule has 0 radical (unpaired) electrons. The molecule has 0 bridgehead atoms. The summed E-state index contributed by atoms with van der Waals surface area (Å²) in [7, 11) is 0. The van der Waals surface area contributed by atoms with Gasteiger partial charge in [-0.15, -0.1) is 11.3 Å². The van der Waals surface area contributed by atoms with Gasteiger partial charge in [0.1, 0.15) is 5.69 Å². The molecule has 0 saturated heterocycles. The van der Waals surface area contributed by atoms with Crippen molar-refractivity contribution in [1.29, 1.82) is 0 Å². The summed E-state index contributed by atoms with van der Waals surface area (Å²) in [6.07, 6.45) is 1.32. The molecule has 3 rings (SSSR count). The van der Waals surface area contributed by atoms with E-state index < -0.39 is 23.4 Å². The third-order valence-electron chi connectivity index (χ3n) is 3.90. The van der Waals surface area contributed by atoms with Crippen molar-refractivity contribution in [2.24, 2.45) is 0 Å². The second kappa shape index (κ2) is 9.44. The minimum atomic E-state index is -0.685. The number of esters is 1. The van der Waals surface area contributed by atoms with E-state index in [1.165, 1.54) is 18.2 Å². The molecule has 0 aliphatic rings. The third kappa shape index (κ3) is 5.72. The first-order chi connectivity index (χ1) is 13.9. The molecule has 29 heavy (non-hydrogen) atoms. The van der Waals surface area contributed by atoms with E-state index in [0.717, 1.165) is 15.2 Å². The second-order valence-corrected chi connectivity index (χ2v) is 7.61. The number of aryl methyl sites for hydroxylation is 1. The van der Waals surface area contributed by atoms with Crippen LogP contribution in [-0.4, -0.2) is 28.4 Å². The Kier molecular flexibility index (Phi) is 6.73. The second-order valence-electron chi connectivity index (χ2n) is 6.06. The summed E-state index contributed by atoms with van der Waals surface area (Å²) in [5.74, 6) is -1.21. The highest BCUT2D eigenvalue weighted by Gasteiger charge is 2.17. The lowest BCUT2D eigenvalue weighted by Crippen LogP contribution is -2.21. The first kappa shape index (κ1) is 20.7. The molecule has 0 saturated carbocycles. The largest absolute Gasteiger partial charge is 0.456 e. The minimum absolute atomic E-state index is 0.0561. The number of nitro benzene ring substituents is 1. The van der Waals surface area contributed by atoms with E-state index in [1.807, 2.05) is 24.3 Å². The van der Waals surface area contributed by atoms with E-state index in [2.05, 4.69) is 10.3 Å². The van der Waals surface area contributed by atoms with Crippen molar-refractivity contribution in [3.8, 4) is 0 Å². The third-order valence-corrected chi connectivity index (χ3v) is 5.23. The fraction of sp³-hybridized carbons (Fsp3) is 0.211. The van der Waals surface area contributed by atoms with Gasteiger partial charge in [0.05, 0.1) is 20.1 Å². The van der Waals surface area contributed by atoms with Gasteiger partial charge in [0.25, 0.3) is 11.6 Å². The highest BCUT2D eigenvalue weighted by molar-refractivity contribution is 7.18. The van der Waals surface area contributed by atoms with Gasteiger partial charge in [-0.2, -0.15) is 0 Å². The quantitative estimate of drug-likeness (QED) is 0.321. The van der Waals surface area contributed by atoms with Gasteiger partial charge in [-0.05, 0) is 37.1 Å². The molecule has 0 fully saturated rings. The summed E-state index contributed by atoms with van der Waals surface area (Å²) in [6, 6.07) is 11.6. The number of halogens is 1. The van der Waals surface area contributed by atoms with Crippen LogP contribution in [0.4, 0.5) is 11.4 Å². The molecule has 0 aliphatic heterocycles. The number of ether oxygens (including phenoxy) is 1. The number of thiazole rings is 1. The Morgan fingerprint density at radius 1 is 1.24 bits per heavy atom. The normalized spacial score (nSPS) is 10.7. The molecule has 2 aromatic carbocycles. The lowest BCUT2D eigenvalue weighted by atomic mass is 10.2. The number of fused-ring (bicyclic) bond motifs is 1. The molecule has 1 aromatic heterocycles. The van der Waals surface area contributed by atoms with Crippen molar-refractivity contribution in [3.05, 3.63) is 62.6 Å². The maximum Gasteiger partial charge on any atom is 0.306 e. The summed E-state index contributed by atoms with van der Waals surface area (Å²) >= 11 is 7.38. The molecule has 8 nitrogen and oxygen atoms in total. The molecule has 10 heteroatoms. The molecule has 1 N–H and O–H groups in total. The number of nitrogens with one attached hydrogen (secondary N) is 1. The Morgan fingerprint density at radius 3 is 2.79 bits per heavy atom. The SMILES string of the molecule is O=C(COC(=O)CCCc1nc2ccccc2s1)Nc1cc(Cl)ccc1[N+](=O)[O-]. The molecule has 3 aromatic rings. The molecule has 0 aliphatic carbocycles. The predicted octanol–water partition coefficient (Wildman–Crippen LogP) is 4.36. The van der Waals surface area contributed by atoms with Crippen LogP contribution in [0.1, 0.15) is 17.8 Å². The van der Waals surface area contributed by atoms with Crippen LogP contribution in [-0.2, 0) is 20.7 Å². The first-order valence-electron chi connectivity index (χ1n) is 8.66. The van der Waals surface area contributed by atoms with Crippen LogP contribution in [0.3, 0.4) is 0 Å². The van der Waals surface area contributed by atoms with Crippen LogP contribution in [0.2, 0.25) is 5.02 Å². The number of rotatable bonds is 8. The van der Waals surface area contributed by atoms with Gasteiger partial charge < -0.3 is 10.1 Å². The lowest BCUT2D eigenvalue weighted by Gasteiger charge is -2.07. The van der Waals surface area contributed by atoms with Crippen molar-refractivity contribution in [2.45, 2.75) is 19.3 Å². The van der Waals surface area contributed by atoms with Crippen LogP contribution in [0.25, 0.3) is 10.2 Å². The molecular weight excluding hydrogens is 418 g/mol. The van der Waals surface area contributed by atoms with Gasteiger partial charge in [-0.1, -0.05) is 23.7 Å². The number of amides is 1. The fourth-order valence-electron chi connectivity index (χ4n) is 2.58. The summed E-state index contributed by atoms with van der Waals surface area (Å²) in [6.45, 7) is -0.538. The van der Waals surface area contributed by atoms with Crippen molar-refractivity contribution < 1.29 is 19.2 Å². The van der Waals surface area contributed by atoms with Crippen LogP contribution in [0.5, 0.6) is 0 Å². The highest BCUT2D eigenvalue weighted by atomic mass is 35.5. The zero-order chi connectivity index (χ0) is 20.8. The number of benzene rings is 2.